The molecule has 7 heteroatoms. The van der Waals surface area contributed by atoms with Crippen LogP contribution in [-0.2, 0) is 14.3 Å². The average molecular weight is 284 g/mol. The van der Waals surface area contributed by atoms with Gasteiger partial charge in [-0.3, -0.25) is 14.5 Å². The van der Waals surface area contributed by atoms with Gasteiger partial charge in [-0.1, -0.05) is 13.3 Å². The Kier molecular flexibility index (Phi) is 4.27. The van der Waals surface area contributed by atoms with Crippen LogP contribution in [0.3, 0.4) is 0 Å². The lowest BCUT2D eigenvalue weighted by molar-refractivity contribution is -0.151. The smallest absolute Gasteiger partial charge is 0.416 e. The number of cyclic esters (lactones) is 1. The molecule has 2 aliphatic rings. The minimum Gasteiger partial charge on any atom is -0.480 e. The molecule has 0 aromatic rings. The number of rotatable bonds is 5. The first-order valence-electron chi connectivity index (χ1n) is 6.97. The van der Waals surface area contributed by atoms with Gasteiger partial charge in [0.15, 0.2) is 0 Å². The molecule has 0 bridgehead atoms. The number of ether oxygens (including phenoxy) is 1. The van der Waals surface area contributed by atoms with Gasteiger partial charge < -0.3 is 9.84 Å². The van der Waals surface area contributed by atoms with Crippen LogP contribution in [-0.4, -0.2) is 64.7 Å². The predicted molar refractivity (Wildman–Crippen MR) is 69.1 cm³/mol. The summed E-state index contributed by atoms with van der Waals surface area (Å²) in [6, 6.07) is 0. The van der Waals surface area contributed by atoms with E-state index < -0.39 is 17.6 Å². The molecule has 2 amide bonds. The number of likely N-dealkylation sites (tertiary alicyclic amines) is 1. The van der Waals surface area contributed by atoms with Crippen molar-refractivity contribution in [3.63, 3.8) is 0 Å². The molecule has 0 aromatic carbocycles. The maximum absolute atomic E-state index is 12.1. The van der Waals surface area contributed by atoms with Crippen molar-refractivity contribution in [2.75, 3.05) is 26.2 Å². The Morgan fingerprint density at radius 2 is 2.15 bits per heavy atom. The molecule has 2 saturated heterocycles. The fraction of sp³-hybridized carbons (Fsp3) is 0.769. The molecule has 0 aromatic heterocycles. The van der Waals surface area contributed by atoms with E-state index in [-0.39, 0.29) is 25.6 Å². The highest BCUT2D eigenvalue weighted by molar-refractivity contribution is 5.94. The van der Waals surface area contributed by atoms with E-state index in [1.807, 2.05) is 6.92 Å². The van der Waals surface area contributed by atoms with Crippen molar-refractivity contribution in [1.82, 2.24) is 9.80 Å². The minimum atomic E-state index is -0.964. The van der Waals surface area contributed by atoms with E-state index in [1.165, 1.54) is 0 Å². The Morgan fingerprint density at radius 1 is 1.40 bits per heavy atom. The predicted octanol–water partition coefficient (Wildman–Crippen LogP) is 0.685. The van der Waals surface area contributed by atoms with E-state index >= 15 is 0 Å². The van der Waals surface area contributed by atoms with Crippen LogP contribution in [0.25, 0.3) is 0 Å². The van der Waals surface area contributed by atoms with Gasteiger partial charge in [0.2, 0.25) is 5.91 Å². The van der Waals surface area contributed by atoms with Crippen LogP contribution in [0.1, 0.15) is 32.6 Å². The number of carboxylic acids is 1. The van der Waals surface area contributed by atoms with Crippen molar-refractivity contribution in [3.8, 4) is 0 Å². The number of hydrogen-bond acceptors (Lipinski definition) is 5. The van der Waals surface area contributed by atoms with Crippen molar-refractivity contribution in [2.45, 2.75) is 38.1 Å². The number of carboxylic acid groups (broad SMARTS) is 1. The molecule has 7 nitrogen and oxygen atoms in total. The van der Waals surface area contributed by atoms with Gasteiger partial charge in [-0.25, -0.2) is 9.69 Å². The largest absolute Gasteiger partial charge is 0.480 e. The Morgan fingerprint density at radius 3 is 2.70 bits per heavy atom. The van der Waals surface area contributed by atoms with Crippen LogP contribution >= 0.6 is 0 Å². The summed E-state index contributed by atoms with van der Waals surface area (Å²) in [7, 11) is 0. The summed E-state index contributed by atoms with van der Waals surface area (Å²) >= 11 is 0. The molecule has 1 unspecified atom stereocenters. The zero-order valence-corrected chi connectivity index (χ0v) is 11.6. The monoisotopic (exact) mass is 284 g/mol. The molecule has 2 fully saturated rings. The van der Waals surface area contributed by atoms with Gasteiger partial charge in [0.25, 0.3) is 0 Å². The number of nitrogens with zero attached hydrogens (tertiary/aromatic N) is 2. The molecule has 1 atom stereocenters. The van der Waals surface area contributed by atoms with Crippen LogP contribution in [0.4, 0.5) is 4.79 Å². The lowest BCUT2D eigenvalue weighted by Crippen LogP contribution is -2.54. The normalized spacial score (nSPS) is 26.9. The molecule has 112 valence electrons. The molecule has 0 spiro atoms. The zero-order valence-electron chi connectivity index (χ0n) is 11.6. The molecular weight excluding hydrogens is 264 g/mol. The molecule has 2 aliphatic heterocycles. The highest BCUT2D eigenvalue weighted by Crippen LogP contribution is 2.34. The molecule has 0 saturated carbocycles. The Balaban J connectivity index is 2.08. The van der Waals surface area contributed by atoms with E-state index in [1.54, 1.807) is 4.90 Å². The van der Waals surface area contributed by atoms with Crippen molar-refractivity contribution in [2.24, 2.45) is 0 Å². The van der Waals surface area contributed by atoms with Crippen molar-refractivity contribution < 1.29 is 24.2 Å². The zero-order chi connectivity index (χ0) is 14.8. The second kappa shape index (κ2) is 5.78. The number of imide groups is 1. The Bertz CT molecular complexity index is 425. The number of carbonyl (C=O) groups is 3. The van der Waals surface area contributed by atoms with E-state index in [2.05, 4.69) is 0 Å². The summed E-state index contributed by atoms with van der Waals surface area (Å²) in [5, 5.41) is 9.54. The average Bonchev–Trinajstić information content (AvgIpc) is 2.98. The van der Waals surface area contributed by atoms with Crippen LogP contribution in [0.5, 0.6) is 0 Å². The van der Waals surface area contributed by atoms with Crippen molar-refractivity contribution >= 4 is 18.0 Å². The first kappa shape index (κ1) is 14.8. The van der Waals surface area contributed by atoms with Gasteiger partial charge in [-0.05, 0) is 25.8 Å². The summed E-state index contributed by atoms with van der Waals surface area (Å²) in [5.41, 5.74) is -0.964. The number of amides is 2. The van der Waals surface area contributed by atoms with Crippen LogP contribution in [0, 0.1) is 0 Å². The maximum atomic E-state index is 12.1. The van der Waals surface area contributed by atoms with Gasteiger partial charge in [0.1, 0.15) is 12.1 Å². The lowest BCUT2D eigenvalue weighted by Gasteiger charge is -2.34. The quantitative estimate of drug-likeness (QED) is 0.799. The summed E-state index contributed by atoms with van der Waals surface area (Å²) in [4.78, 5) is 37.9. The molecule has 2 heterocycles. The third-order valence-electron chi connectivity index (χ3n) is 4.07. The SMILES string of the molecule is CCCC1(C(=O)O)CCCN1CC(=O)N1CCOC1=O. The van der Waals surface area contributed by atoms with Crippen LogP contribution < -0.4 is 0 Å². The Labute approximate surface area is 117 Å². The van der Waals surface area contributed by atoms with E-state index in [4.69, 9.17) is 4.74 Å². The maximum Gasteiger partial charge on any atom is 0.416 e. The highest BCUT2D eigenvalue weighted by Gasteiger charge is 2.48. The summed E-state index contributed by atoms with van der Waals surface area (Å²) in [6.45, 7) is 2.92. The van der Waals surface area contributed by atoms with E-state index in [9.17, 15) is 19.5 Å². The van der Waals surface area contributed by atoms with Gasteiger partial charge in [0.05, 0.1) is 13.1 Å². The van der Waals surface area contributed by atoms with Gasteiger partial charge in [-0.15, -0.1) is 0 Å². The van der Waals surface area contributed by atoms with Crippen molar-refractivity contribution in [1.29, 1.82) is 0 Å². The highest BCUT2D eigenvalue weighted by atomic mass is 16.6. The number of hydrogen-bond donors (Lipinski definition) is 1. The summed E-state index contributed by atoms with van der Waals surface area (Å²) in [5.74, 6) is -1.26. The van der Waals surface area contributed by atoms with Gasteiger partial charge in [0, 0.05) is 0 Å². The van der Waals surface area contributed by atoms with Crippen molar-refractivity contribution in [3.05, 3.63) is 0 Å². The summed E-state index contributed by atoms with van der Waals surface area (Å²) < 4.78 is 4.73. The second-order valence-corrected chi connectivity index (χ2v) is 5.27. The topological polar surface area (TPSA) is 87.2 Å². The standard InChI is InChI=1S/C13H20N2O5/c1-2-4-13(11(17)18)5-3-6-14(13)9-10(16)15-7-8-20-12(15)19/h2-9H2,1H3,(H,17,18). The second-order valence-electron chi connectivity index (χ2n) is 5.27. The third-order valence-corrected chi connectivity index (χ3v) is 4.07. The first-order valence-corrected chi connectivity index (χ1v) is 6.97. The molecule has 1 N–H and O–H groups in total. The Hall–Kier alpha value is -1.63. The molecule has 0 aliphatic carbocycles. The fourth-order valence-electron chi connectivity index (χ4n) is 3.08. The van der Waals surface area contributed by atoms with Gasteiger partial charge >= 0.3 is 12.1 Å². The number of aliphatic carboxylic acids is 1. The van der Waals surface area contributed by atoms with E-state index in [0.29, 0.717) is 19.4 Å². The molecule has 0 radical (unpaired) electrons. The van der Waals surface area contributed by atoms with Crippen LogP contribution in [0.15, 0.2) is 0 Å². The summed E-state index contributed by atoms with van der Waals surface area (Å²) in [6.07, 6.45) is 1.92. The molecule has 2 rings (SSSR count). The lowest BCUT2D eigenvalue weighted by atomic mass is 9.90. The minimum absolute atomic E-state index is 0.0403. The van der Waals surface area contributed by atoms with Gasteiger partial charge in [-0.2, -0.15) is 0 Å². The van der Waals surface area contributed by atoms with Crippen LogP contribution in [0.2, 0.25) is 0 Å². The fourth-order valence-corrected chi connectivity index (χ4v) is 3.08. The molecule has 20 heavy (non-hydrogen) atoms. The molecular formula is C13H20N2O5. The first-order chi connectivity index (χ1) is 9.51. The van der Waals surface area contributed by atoms with E-state index in [0.717, 1.165) is 17.7 Å². The third kappa shape index (κ3) is 2.49. The number of carbonyl (C=O) groups excluding carboxylic acids is 2.